The van der Waals surface area contributed by atoms with Crippen molar-refractivity contribution < 1.29 is 4.79 Å². The van der Waals surface area contributed by atoms with Crippen LogP contribution in [0.1, 0.15) is 39.5 Å². The minimum absolute atomic E-state index is 0.0690. The van der Waals surface area contributed by atoms with Gasteiger partial charge in [0.1, 0.15) is 6.29 Å². The van der Waals surface area contributed by atoms with Gasteiger partial charge in [0.2, 0.25) is 0 Å². The van der Waals surface area contributed by atoms with Crippen molar-refractivity contribution in [3.05, 3.63) is 0 Å². The SMILES string of the molecule is CC(C)[C@@H](C=O)N(C)CCCCCCN. The monoisotopic (exact) mass is 214 g/mol. The highest BCUT2D eigenvalue weighted by Crippen LogP contribution is 2.08. The smallest absolute Gasteiger partial charge is 0.137 e. The van der Waals surface area contributed by atoms with Crippen molar-refractivity contribution >= 4 is 6.29 Å². The average molecular weight is 214 g/mol. The first kappa shape index (κ1) is 14.6. The van der Waals surface area contributed by atoms with Gasteiger partial charge in [0.25, 0.3) is 0 Å². The fourth-order valence-electron chi connectivity index (χ4n) is 1.78. The maximum Gasteiger partial charge on any atom is 0.137 e. The zero-order chi connectivity index (χ0) is 11.7. The van der Waals surface area contributed by atoms with Crippen molar-refractivity contribution in [3.8, 4) is 0 Å². The van der Waals surface area contributed by atoms with Crippen molar-refractivity contribution in [3.63, 3.8) is 0 Å². The normalized spacial score (nSPS) is 13.5. The zero-order valence-corrected chi connectivity index (χ0v) is 10.4. The Balaban J connectivity index is 3.62. The summed E-state index contributed by atoms with van der Waals surface area (Å²) in [4.78, 5) is 13.0. The third kappa shape index (κ3) is 6.63. The molecule has 3 heteroatoms. The van der Waals surface area contributed by atoms with Crippen LogP contribution < -0.4 is 5.73 Å². The van der Waals surface area contributed by atoms with Gasteiger partial charge in [0.15, 0.2) is 0 Å². The van der Waals surface area contributed by atoms with E-state index in [9.17, 15) is 4.79 Å². The van der Waals surface area contributed by atoms with Crippen LogP contribution in [0, 0.1) is 5.92 Å². The molecule has 0 aliphatic heterocycles. The molecule has 0 aliphatic rings. The molecule has 0 aromatic carbocycles. The van der Waals surface area contributed by atoms with Gasteiger partial charge in [-0.05, 0) is 38.9 Å². The first-order chi connectivity index (χ1) is 7.13. The second-order valence-electron chi connectivity index (χ2n) is 4.55. The van der Waals surface area contributed by atoms with Crippen LogP contribution >= 0.6 is 0 Å². The Morgan fingerprint density at radius 3 is 2.27 bits per heavy atom. The van der Waals surface area contributed by atoms with Gasteiger partial charge in [0, 0.05) is 0 Å². The Kier molecular flexibility index (Phi) is 8.62. The molecule has 0 spiro atoms. The summed E-state index contributed by atoms with van der Waals surface area (Å²) in [6.07, 6.45) is 5.76. The topological polar surface area (TPSA) is 46.3 Å². The number of rotatable bonds is 9. The largest absolute Gasteiger partial charge is 0.330 e. The molecule has 0 unspecified atom stereocenters. The van der Waals surface area contributed by atoms with E-state index in [4.69, 9.17) is 5.73 Å². The van der Waals surface area contributed by atoms with Crippen LogP contribution in [0.4, 0.5) is 0 Å². The van der Waals surface area contributed by atoms with Crippen molar-refractivity contribution in [2.75, 3.05) is 20.1 Å². The van der Waals surface area contributed by atoms with Crippen molar-refractivity contribution in [2.24, 2.45) is 11.7 Å². The molecule has 0 rings (SSSR count). The minimum atomic E-state index is 0.0690. The lowest BCUT2D eigenvalue weighted by atomic mass is 10.0. The molecule has 0 saturated carbocycles. The first-order valence-electron chi connectivity index (χ1n) is 5.99. The van der Waals surface area contributed by atoms with Gasteiger partial charge in [-0.25, -0.2) is 0 Å². The summed E-state index contributed by atoms with van der Waals surface area (Å²) in [5, 5.41) is 0. The molecule has 3 nitrogen and oxygen atoms in total. The Hall–Kier alpha value is -0.410. The van der Waals surface area contributed by atoms with E-state index in [1.54, 1.807) is 0 Å². The maximum absolute atomic E-state index is 10.9. The summed E-state index contributed by atoms with van der Waals surface area (Å²) in [7, 11) is 2.03. The number of unbranched alkanes of at least 4 members (excludes halogenated alkanes) is 3. The van der Waals surface area contributed by atoms with Crippen LogP contribution in [0.5, 0.6) is 0 Å². The number of aldehydes is 1. The Labute approximate surface area is 94.0 Å². The highest BCUT2D eigenvalue weighted by atomic mass is 16.1. The molecule has 2 N–H and O–H groups in total. The highest BCUT2D eigenvalue weighted by molar-refractivity contribution is 5.57. The molecular formula is C12H26N2O. The molecule has 1 atom stereocenters. The standard InChI is InChI=1S/C12H26N2O/c1-11(2)12(10-15)14(3)9-7-5-4-6-8-13/h10-12H,4-9,13H2,1-3H3/t12-/m1/s1. The summed E-state index contributed by atoms with van der Waals surface area (Å²) in [6.45, 7) is 5.97. The molecule has 0 radical (unpaired) electrons. The Morgan fingerprint density at radius 2 is 1.80 bits per heavy atom. The summed E-state index contributed by atoms with van der Waals surface area (Å²) < 4.78 is 0. The van der Waals surface area contributed by atoms with Crippen molar-refractivity contribution in [1.29, 1.82) is 0 Å². The van der Waals surface area contributed by atoms with Gasteiger partial charge in [0.05, 0.1) is 6.04 Å². The van der Waals surface area contributed by atoms with Gasteiger partial charge in [-0.15, -0.1) is 0 Å². The predicted molar refractivity (Wildman–Crippen MR) is 64.8 cm³/mol. The summed E-state index contributed by atoms with van der Waals surface area (Å²) in [5.41, 5.74) is 5.42. The third-order valence-electron chi connectivity index (χ3n) is 2.80. The number of nitrogens with two attached hydrogens (primary N) is 1. The molecule has 0 fully saturated rings. The molecular weight excluding hydrogens is 188 g/mol. The van der Waals surface area contributed by atoms with Gasteiger partial charge in [-0.2, -0.15) is 0 Å². The van der Waals surface area contributed by atoms with E-state index in [2.05, 4.69) is 18.7 Å². The van der Waals surface area contributed by atoms with Gasteiger partial charge >= 0.3 is 0 Å². The van der Waals surface area contributed by atoms with E-state index in [0.717, 1.165) is 32.2 Å². The van der Waals surface area contributed by atoms with E-state index >= 15 is 0 Å². The number of carbonyl (C=O) groups excluding carboxylic acids is 1. The highest BCUT2D eigenvalue weighted by Gasteiger charge is 2.16. The van der Waals surface area contributed by atoms with Crippen LogP contribution in [-0.4, -0.2) is 37.4 Å². The molecule has 0 bridgehead atoms. The second-order valence-corrected chi connectivity index (χ2v) is 4.55. The molecule has 0 aromatic rings. The first-order valence-corrected chi connectivity index (χ1v) is 5.99. The second kappa shape index (κ2) is 8.86. The molecule has 0 aromatic heterocycles. The summed E-state index contributed by atoms with van der Waals surface area (Å²) >= 11 is 0. The van der Waals surface area contributed by atoms with E-state index in [0.29, 0.717) is 5.92 Å². The minimum Gasteiger partial charge on any atom is -0.330 e. The Morgan fingerprint density at radius 1 is 1.20 bits per heavy atom. The van der Waals surface area contributed by atoms with E-state index in [-0.39, 0.29) is 6.04 Å². The van der Waals surface area contributed by atoms with Crippen molar-refractivity contribution in [2.45, 2.75) is 45.6 Å². The fourth-order valence-corrected chi connectivity index (χ4v) is 1.78. The zero-order valence-electron chi connectivity index (χ0n) is 10.4. The third-order valence-corrected chi connectivity index (χ3v) is 2.80. The lowest BCUT2D eigenvalue weighted by Crippen LogP contribution is -2.37. The molecule has 0 heterocycles. The summed E-state index contributed by atoms with van der Waals surface area (Å²) in [5.74, 6) is 0.400. The van der Waals surface area contributed by atoms with Gasteiger partial charge < -0.3 is 10.5 Å². The van der Waals surface area contributed by atoms with Gasteiger partial charge in [-0.3, -0.25) is 4.90 Å². The number of likely N-dealkylation sites (N-methyl/N-ethyl adjacent to an activating group) is 1. The lowest BCUT2D eigenvalue weighted by Gasteiger charge is -2.26. The number of carbonyl (C=O) groups is 1. The predicted octanol–water partition coefficient (Wildman–Crippen LogP) is 1.66. The van der Waals surface area contributed by atoms with Gasteiger partial charge in [-0.1, -0.05) is 26.7 Å². The van der Waals surface area contributed by atoms with Crippen LogP contribution in [-0.2, 0) is 4.79 Å². The summed E-state index contributed by atoms with van der Waals surface area (Å²) in [6, 6.07) is 0.0690. The number of hydrogen-bond donors (Lipinski definition) is 1. The molecule has 90 valence electrons. The van der Waals surface area contributed by atoms with Crippen molar-refractivity contribution in [1.82, 2.24) is 4.90 Å². The van der Waals surface area contributed by atoms with E-state index in [1.807, 2.05) is 7.05 Å². The molecule has 0 saturated heterocycles. The Bertz CT molecular complexity index is 160. The average Bonchev–Trinajstić information content (AvgIpc) is 2.18. The molecule has 0 aliphatic carbocycles. The molecule has 0 amide bonds. The quantitative estimate of drug-likeness (QED) is 0.469. The maximum atomic E-state index is 10.9. The number of nitrogens with zero attached hydrogens (tertiary/aromatic N) is 1. The lowest BCUT2D eigenvalue weighted by molar-refractivity contribution is -0.113. The fraction of sp³-hybridized carbons (Fsp3) is 0.917. The van der Waals surface area contributed by atoms with Crippen LogP contribution in [0.25, 0.3) is 0 Å². The van der Waals surface area contributed by atoms with Crippen LogP contribution in [0.15, 0.2) is 0 Å². The molecule has 15 heavy (non-hydrogen) atoms. The van der Waals surface area contributed by atoms with E-state index < -0.39 is 0 Å². The van der Waals surface area contributed by atoms with Crippen LogP contribution in [0.2, 0.25) is 0 Å². The van der Waals surface area contributed by atoms with E-state index in [1.165, 1.54) is 12.8 Å². The number of hydrogen-bond acceptors (Lipinski definition) is 3. The van der Waals surface area contributed by atoms with Crippen LogP contribution in [0.3, 0.4) is 0 Å².